The van der Waals surface area contributed by atoms with E-state index in [1.54, 1.807) is 18.4 Å². The van der Waals surface area contributed by atoms with Crippen molar-refractivity contribution in [3.63, 3.8) is 0 Å². The molecule has 0 amide bonds. The maximum atomic E-state index is 4.94. The monoisotopic (exact) mass is 228 g/mol. The lowest BCUT2D eigenvalue weighted by Crippen LogP contribution is -2.24. The van der Waals surface area contributed by atoms with Crippen molar-refractivity contribution < 1.29 is 4.74 Å². The Morgan fingerprint density at radius 1 is 1.27 bits per heavy atom. The first-order valence-electron chi connectivity index (χ1n) is 5.35. The number of hydrogen-bond donors (Lipinski definition) is 2. The lowest BCUT2D eigenvalue weighted by molar-refractivity contribution is 0.199. The molecule has 1 rings (SSSR count). The van der Waals surface area contributed by atoms with Gasteiger partial charge >= 0.3 is 0 Å². The van der Waals surface area contributed by atoms with E-state index in [0.29, 0.717) is 0 Å². The molecule has 1 aromatic rings. The predicted octanol–water partition coefficient (Wildman–Crippen LogP) is 1.46. The zero-order chi connectivity index (χ0) is 10.8. The summed E-state index contributed by atoms with van der Waals surface area (Å²) in [5.74, 6) is 0. The fraction of sp³-hybridized carbons (Fsp3) is 0.636. The van der Waals surface area contributed by atoms with Crippen LogP contribution in [-0.4, -0.2) is 33.4 Å². The number of rotatable bonds is 9. The van der Waals surface area contributed by atoms with E-state index in [1.165, 1.54) is 5.56 Å². The molecule has 0 radical (unpaired) electrons. The van der Waals surface area contributed by atoms with Crippen LogP contribution in [0.4, 0.5) is 0 Å². The summed E-state index contributed by atoms with van der Waals surface area (Å²) in [6.07, 6.45) is 1.16. The van der Waals surface area contributed by atoms with Gasteiger partial charge in [0.15, 0.2) is 0 Å². The standard InChI is InChI=1S/C11H20N2OS/c1-14-7-6-12-4-2-5-13-9-11-3-8-15-10-11/h3,8,10,12-13H,2,4-7,9H2,1H3. The highest BCUT2D eigenvalue weighted by molar-refractivity contribution is 7.07. The summed E-state index contributed by atoms with van der Waals surface area (Å²) in [5.41, 5.74) is 1.38. The van der Waals surface area contributed by atoms with E-state index in [2.05, 4.69) is 27.5 Å². The van der Waals surface area contributed by atoms with E-state index in [9.17, 15) is 0 Å². The van der Waals surface area contributed by atoms with Gasteiger partial charge in [-0.05, 0) is 41.9 Å². The average molecular weight is 228 g/mol. The molecule has 1 heterocycles. The number of methoxy groups -OCH3 is 1. The van der Waals surface area contributed by atoms with Crippen LogP contribution in [0.5, 0.6) is 0 Å². The van der Waals surface area contributed by atoms with Gasteiger partial charge in [0, 0.05) is 20.2 Å². The highest BCUT2D eigenvalue weighted by atomic mass is 32.1. The molecule has 1 aromatic heterocycles. The summed E-state index contributed by atoms with van der Waals surface area (Å²) in [7, 11) is 1.73. The molecule has 0 aliphatic carbocycles. The molecule has 0 spiro atoms. The second-order valence-electron chi connectivity index (χ2n) is 3.40. The molecule has 0 aliphatic rings. The van der Waals surface area contributed by atoms with Gasteiger partial charge in [-0.25, -0.2) is 0 Å². The second kappa shape index (κ2) is 8.85. The van der Waals surface area contributed by atoms with Gasteiger partial charge in [-0.15, -0.1) is 0 Å². The van der Waals surface area contributed by atoms with E-state index in [4.69, 9.17) is 4.74 Å². The van der Waals surface area contributed by atoms with Gasteiger partial charge in [-0.1, -0.05) is 0 Å². The van der Waals surface area contributed by atoms with Crippen molar-refractivity contribution in [2.24, 2.45) is 0 Å². The smallest absolute Gasteiger partial charge is 0.0587 e. The second-order valence-corrected chi connectivity index (χ2v) is 4.18. The lowest BCUT2D eigenvalue weighted by Gasteiger charge is -2.05. The molecule has 0 saturated heterocycles. The molecule has 15 heavy (non-hydrogen) atoms. The zero-order valence-electron chi connectivity index (χ0n) is 9.29. The van der Waals surface area contributed by atoms with Crippen LogP contribution in [0.15, 0.2) is 16.8 Å². The van der Waals surface area contributed by atoms with Crippen LogP contribution in [0.25, 0.3) is 0 Å². The van der Waals surface area contributed by atoms with Gasteiger partial charge in [-0.2, -0.15) is 11.3 Å². The van der Waals surface area contributed by atoms with E-state index < -0.39 is 0 Å². The molecule has 0 aliphatic heterocycles. The normalized spacial score (nSPS) is 10.7. The molecule has 0 aromatic carbocycles. The maximum Gasteiger partial charge on any atom is 0.0587 e. The first kappa shape index (κ1) is 12.6. The number of hydrogen-bond acceptors (Lipinski definition) is 4. The molecule has 0 saturated carbocycles. The summed E-state index contributed by atoms with van der Waals surface area (Å²) in [6.45, 7) is 4.85. The van der Waals surface area contributed by atoms with Crippen LogP contribution >= 0.6 is 11.3 Å². The Kier molecular flexibility index (Phi) is 7.47. The summed E-state index contributed by atoms with van der Waals surface area (Å²) in [4.78, 5) is 0. The van der Waals surface area contributed by atoms with Gasteiger partial charge in [0.25, 0.3) is 0 Å². The van der Waals surface area contributed by atoms with Crippen LogP contribution < -0.4 is 10.6 Å². The molecular formula is C11H20N2OS. The van der Waals surface area contributed by atoms with Gasteiger partial charge in [0.1, 0.15) is 0 Å². The van der Waals surface area contributed by atoms with Crippen molar-refractivity contribution in [2.45, 2.75) is 13.0 Å². The van der Waals surface area contributed by atoms with Crippen molar-refractivity contribution in [1.82, 2.24) is 10.6 Å². The van der Waals surface area contributed by atoms with Crippen LogP contribution in [0.2, 0.25) is 0 Å². The third kappa shape index (κ3) is 6.62. The van der Waals surface area contributed by atoms with Crippen molar-refractivity contribution in [3.8, 4) is 0 Å². The van der Waals surface area contributed by atoms with E-state index >= 15 is 0 Å². The molecule has 0 unspecified atom stereocenters. The molecule has 86 valence electrons. The Balaban J connectivity index is 1.81. The largest absolute Gasteiger partial charge is 0.383 e. The third-order valence-electron chi connectivity index (χ3n) is 2.10. The van der Waals surface area contributed by atoms with Crippen molar-refractivity contribution in [3.05, 3.63) is 22.4 Å². The maximum absolute atomic E-state index is 4.94. The van der Waals surface area contributed by atoms with Crippen LogP contribution in [-0.2, 0) is 11.3 Å². The summed E-state index contributed by atoms with van der Waals surface area (Å²) in [5, 5.41) is 11.0. The Bertz CT molecular complexity index is 227. The average Bonchev–Trinajstić information content (AvgIpc) is 2.75. The zero-order valence-corrected chi connectivity index (χ0v) is 10.1. The minimum atomic E-state index is 0.794. The van der Waals surface area contributed by atoms with Gasteiger partial charge in [-0.3, -0.25) is 0 Å². The quantitative estimate of drug-likeness (QED) is 0.628. The fourth-order valence-corrected chi connectivity index (χ4v) is 1.93. The van der Waals surface area contributed by atoms with E-state index in [0.717, 1.165) is 39.2 Å². The molecule has 0 bridgehead atoms. The molecular weight excluding hydrogens is 208 g/mol. The van der Waals surface area contributed by atoms with Gasteiger partial charge in [0.05, 0.1) is 6.61 Å². The van der Waals surface area contributed by atoms with E-state index in [-0.39, 0.29) is 0 Å². The first-order valence-corrected chi connectivity index (χ1v) is 6.29. The Morgan fingerprint density at radius 3 is 2.87 bits per heavy atom. The van der Waals surface area contributed by atoms with Gasteiger partial charge < -0.3 is 15.4 Å². The number of nitrogens with one attached hydrogen (secondary N) is 2. The van der Waals surface area contributed by atoms with Crippen molar-refractivity contribution in [2.75, 3.05) is 33.4 Å². The highest BCUT2D eigenvalue weighted by Crippen LogP contribution is 2.04. The topological polar surface area (TPSA) is 33.3 Å². The van der Waals surface area contributed by atoms with E-state index in [1.807, 2.05) is 0 Å². The Labute approximate surface area is 95.8 Å². The Hall–Kier alpha value is -0.420. The molecule has 3 nitrogen and oxygen atoms in total. The molecule has 0 atom stereocenters. The molecule has 2 N–H and O–H groups in total. The Morgan fingerprint density at radius 2 is 2.13 bits per heavy atom. The third-order valence-corrected chi connectivity index (χ3v) is 2.83. The minimum Gasteiger partial charge on any atom is -0.383 e. The molecule has 0 fully saturated rings. The fourth-order valence-electron chi connectivity index (χ4n) is 1.26. The first-order chi connectivity index (χ1) is 7.43. The lowest BCUT2D eigenvalue weighted by atomic mass is 10.3. The molecule has 4 heteroatoms. The van der Waals surface area contributed by atoms with Crippen molar-refractivity contribution >= 4 is 11.3 Å². The van der Waals surface area contributed by atoms with Crippen LogP contribution in [0.3, 0.4) is 0 Å². The number of ether oxygens (including phenoxy) is 1. The summed E-state index contributed by atoms with van der Waals surface area (Å²) < 4.78 is 4.94. The van der Waals surface area contributed by atoms with Gasteiger partial charge in [0.2, 0.25) is 0 Å². The minimum absolute atomic E-state index is 0.794. The highest BCUT2D eigenvalue weighted by Gasteiger charge is 1.92. The number of thiophene rings is 1. The van der Waals surface area contributed by atoms with Crippen LogP contribution in [0.1, 0.15) is 12.0 Å². The van der Waals surface area contributed by atoms with Crippen LogP contribution in [0, 0.1) is 0 Å². The predicted molar refractivity (Wildman–Crippen MR) is 65.4 cm³/mol. The summed E-state index contributed by atoms with van der Waals surface area (Å²) >= 11 is 1.75. The SMILES string of the molecule is COCCNCCCNCc1ccsc1. The summed E-state index contributed by atoms with van der Waals surface area (Å²) in [6, 6.07) is 2.16. The van der Waals surface area contributed by atoms with Crippen molar-refractivity contribution in [1.29, 1.82) is 0 Å².